The van der Waals surface area contributed by atoms with E-state index in [1.165, 1.54) is 5.56 Å². The van der Waals surface area contributed by atoms with Crippen molar-refractivity contribution in [1.29, 1.82) is 0 Å². The minimum Gasteiger partial charge on any atom is -0.458 e. The molecule has 2 aliphatic carbocycles. The SMILES string of the molecule is Cc1c2c(nc3ccnn13)[C@]1(CCC[C@H]1OC(=O)c1ccccc1)CC2. The van der Waals surface area contributed by atoms with Gasteiger partial charge in [0.15, 0.2) is 5.65 Å². The molecule has 1 spiro atoms. The smallest absolute Gasteiger partial charge is 0.338 e. The van der Waals surface area contributed by atoms with Gasteiger partial charge in [0.2, 0.25) is 0 Å². The molecular formula is C21H21N3O2. The molecule has 1 fully saturated rings. The molecule has 5 rings (SSSR count). The van der Waals surface area contributed by atoms with Crippen LogP contribution in [-0.2, 0) is 16.6 Å². The zero-order valence-electron chi connectivity index (χ0n) is 14.8. The molecule has 2 atom stereocenters. The first-order chi connectivity index (χ1) is 12.7. The maximum atomic E-state index is 12.6. The van der Waals surface area contributed by atoms with Gasteiger partial charge in [-0.3, -0.25) is 0 Å². The van der Waals surface area contributed by atoms with Crippen molar-refractivity contribution in [2.24, 2.45) is 0 Å². The third kappa shape index (κ3) is 2.13. The molecule has 2 aromatic heterocycles. The Kier molecular flexibility index (Phi) is 3.39. The zero-order valence-corrected chi connectivity index (χ0v) is 14.8. The maximum absolute atomic E-state index is 12.6. The van der Waals surface area contributed by atoms with Crippen molar-refractivity contribution in [3.05, 3.63) is 65.1 Å². The quantitative estimate of drug-likeness (QED) is 0.664. The summed E-state index contributed by atoms with van der Waals surface area (Å²) in [6.07, 6.45) is 6.66. The topological polar surface area (TPSA) is 56.5 Å². The number of esters is 1. The highest BCUT2D eigenvalue weighted by atomic mass is 16.5. The molecule has 0 saturated heterocycles. The van der Waals surface area contributed by atoms with Gasteiger partial charge >= 0.3 is 5.97 Å². The molecule has 3 aromatic rings. The summed E-state index contributed by atoms with van der Waals surface area (Å²) >= 11 is 0. The highest BCUT2D eigenvalue weighted by Crippen LogP contribution is 2.51. The van der Waals surface area contributed by atoms with E-state index in [-0.39, 0.29) is 17.5 Å². The monoisotopic (exact) mass is 347 g/mol. The predicted octanol–water partition coefficient (Wildman–Crippen LogP) is 3.63. The van der Waals surface area contributed by atoms with Crippen LogP contribution in [0.2, 0.25) is 0 Å². The number of ether oxygens (including phenoxy) is 1. The van der Waals surface area contributed by atoms with Gasteiger partial charge in [0.25, 0.3) is 0 Å². The van der Waals surface area contributed by atoms with Gasteiger partial charge in [-0.2, -0.15) is 5.10 Å². The van der Waals surface area contributed by atoms with Gasteiger partial charge in [-0.1, -0.05) is 18.2 Å². The molecule has 0 radical (unpaired) electrons. The van der Waals surface area contributed by atoms with Crippen molar-refractivity contribution in [3.63, 3.8) is 0 Å². The number of aryl methyl sites for hydroxylation is 1. The second kappa shape index (κ2) is 5.66. The molecule has 132 valence electrons. The van der Waals surface area contributed by atoms with Gasteiger partial charge in [0.1, 0.15) is 6.10 Å². The summed E-state index contributed by atoms with van der Waals surface area (Å²) in [7, 11) is 0. The molecule has 0 N–H and O–H groups in total. The van der Waals surface area contributed by atoms with Gasteiger partial charge in [-0.05, 0) is 56.7 Å². The van der Waals surface area contributed by atoms with Gasteiger partial charge < -0.3 is 4.74 Å². The fourth-order valence-electron chi connectivity index (χ4n) is 4.84. The molecule has 2 heterocycles. The van der Waals surface area contributed by atoms with Crippen LogP contribution >= 0.6 is 0 Å². The number of carbonyl (C=O) groups excluding carboxylic acids is 1. The number of rotatable bonds is 2. The van der Waals surface area contributed by atoms with Crippen molar-refractivity contribution >= 4 is 11.6 Å². The molecule has 0 aliphatic heterocycles. The van der Waals surface area contributed by atoms with E-state index in [1.807, 2.05) is 40.9 Å². The minimum atomic E-state index is -0.229. The highest BCUT2D eigenvalue weighted by molar-refractivity contribution is 5.89. The van der Waals surface area contributed by atoms with E-state index >= 15 is 0 Å². The van der Waals surface area contributed by atoms with Crippen molar-refractivity contribution in [3.8, 4) is 0 Å². The maximum Gasteiger partial charge on any atom is 0.338 e. The first kappa shape index (κ1) is 15.6. The van der Waals surface area contributed by atoms with Crippen molar-refractivity contribution in [2.75, 3.05) is 0 Å². The Morgan fingerprint density at radius 2 is 2.08 bits per heavy atom. The van der Waals surface area contributed by atoms with Gasteiger partial charge in [-0.15, -0.1) is 0 Å². The summed E-state index contributed by atoms with van der Waals surface area (Å²) < 4.78 is 7.94. The lowest BCUT2D eigenvalue weighted by Crippen LogP contribution is -2.37. The van der Waals surface area contributed by atoms with E-state index in [0.29, 0.717) is 5.56 Å². The van der Waals surface area contributed by atoms with E-state index in [9.17, 15) is 4.79 Å². The highest BCUT2D eigenvalue weighted by Gasteiger charge is 2.52. The Morgan fingerprint density at radius 1 is 1.23 bits per heavy atom. The average molecular weight is 347 g/mol. The first-order valence-corrected chi connectivity index (χ1v) is 9.29. The summed E-state index contributed by atoms with van der Waals surface area (Å²) in [4.78, 5) is 17.6. The van der Waals surface area contributed by atoms with Crippen LogP contribution in [0.15, 0.2) is 42.6 Å². The van der Waals surface area contributed by atoms with Crippen molar-refractivity contribution in [1.82, 2.24) is 14.6 Å². The number of fused-ring (bicyclic) bond motifs is 3. The average Bonchev–Trinajstić information content (AvgIpc) is 3.37. The molecule has 5 nitrogen and oxygen atoms in total. The van der Waals surface area contributed by atoms with E-state index in [2.05, 4.69) is 12.0 Å². The van der Waals surface area contributed by atoms with Crippen LogP contribution in [0.3, 0.4) is 0 Å². The summed E-state index contributed by atoms with van der Waals surface area (Å²) in [5.74, 6) is -0.229. The van der Waals surface area contributed by atoms with E-state index in [4.69, 9.17) is 9.72 Å². The van der Waals surface area contributed by atoms with Crippen LogP contribution in [0.25, 0.3) is 5.65 Å². The largest absolute Gasteiger partial charge is 0.458 e. The lowest BCUT2D eigenvalue weighted by molar-refractivity contribution is 0.0132. The summed E-state index contributed by atoms with van der Waals surface area (Å²) in [6, 6.07) is 11.2. The Balaban J connectivity index is 1.53. The van der Waals surface area contributed by atoms with E-state index in [0.717, 1.165) is 49.1 Å². The zero-order chi connectivity index (χ0) is 17.7. The first-order valence-electron chi connectivity index (χ1n) is 9.29. The number of aromatic nitrogens is 3. The van der Waals surface area contributed by atoms with Crippen molar-refractivity contribution in [2.45, 2.75) is 50.5 Å². The molecule has 1 aromatic carbocycles. The van der Waals surface area contributed by atoms with Crippen LogP contribution in [0.5, 0.6) is 0 Å². The normalized spacial score (nSPS) is 24.3. The molecule has 0 bridgehead atoms. The Labute approximate surface area is 152 Å². The van der Waals surface area contributed by atoms with Crippen LogP contribution in [-0.4, -0.2) is 26.7 Å². The van der Waals surface area contributed by atoms with Gasteiger partial charge in [-0.25, -0.2) is 14.3 Å². The summed E-state index contributed by atoms with van der Waals surface area (Å²) in [5, 5.41) is 4.39. The minimum absolute atomic E-state index is 0.103. The molecule has 1 saturated carbocycles. The summed E-state index contributed by atoms with van der Waals surface area (Å²) in [6.45, 7) is 2.11. The number of benzene rings is 1. The standard InChI is InChI=1S/C21H21N3O2/c1-14-16-9-12-21(19(16)23-18-10-13-22-24(14)18)11-5-8-17(21)26-20(25)15-6-3-2-4-7-15/h2-4,6-7,10,13,17H,5,8-9,11-12H2,1H3/t17-,21-/m1/s1. The number of nitrogens with zero attached hydrogens (tertiary/aromatic N) is 3. The molecule has 2 aliphatic rings. The van der Waals surface area contributed by atoms with Crippen molar-refractivity contribution < 1.29 is 9.53 Å². The second-order valence-corrected chi connectivity index (χ2v) is 7.43. The molecular weight excluding hydrogens is 326 g/mol. The Hall–Kier alpha value is -2.69. The van der Waals surface area contributed by atoms with Crippen LogP contribution in [0.4, 0.5) is 0 Å². The van der Waals surface area contributed by atoms with Crippen LogP contribution < -0.4 is 0 Å². The third-order valence-electron chi connectivity index (χ3n) is 6.15. The Bertz CT molecular complexity index is 995. The van der Waals surface area contributed by atoms with E-state index < -0.39 is 0 Å². The third-order valence-corrected chi connectivity index (χ3v) is 6.15. The van der Waals surface area contributed by atoms with Gasteiger partial charge in [0, 0.05) is 11.8 Å². The predicted molar refractivity (Wildman–Crippen MR) is 97.2 cm³/mol. The van der Waals surface area contributed by atoms with Gasteiger partial charge in [0.05, 0.1) is 22.9 Å². The molecule has 26 heavy (non-hydrogen) atoms. The van der Waals surface area contributed by atoms with E-state index in [1.54, 1.807) is 6.20 Å². The Morgan fingerprint density at radius 3 is 2.92 bits per heavy atom. The van der Waals surface area contributed by atoms with Crippen LogP contribution in [0, 0.1) is 6.92 Å². The molecule has 0 unspecified atom stereocenters. The molecule has 0 amide bonds. The number of hydrogen-bond donors (Lipinski definition) is 0. The second-order valence-electron chi connectivity index (χ2n) is 7.43. The fourth-order valence-corrected chi connectivity index (χ4v) is 4.84. The lowest BCUT2D eigenvalue weighted by Gasteiger charge is -2.31. The summed E-state index contributed by atoms with van der Waals surface area (Å²) in [5.41, 5.74) is 4.92. The number of carbonyl (C=O) groups is 1. The lowest BCUT2D eigenvalue weighted by atomic mass is 9.81. The molecule has 5 heteroatoms. The van der Waals surface area contributed by atoms with Crippen LogP contribution in [0.1, 0.15) is 53.0 Å². The number of hydrogen-bond acceptors (Lipinski definition) is 4. The fraction of sp³-hybridized carbons (Fsp3) is 0.381.